The summed E-state index contributed by atoms with van der Waals surface area (Å²) in [6.45, 7) is 3.39. The van der Waals surface area contributed by atoms with Gasteiger partial charge in [0.2, 0.25) is 0 Å². The quantitative estimate of drug-likeness (QED) is 0.739. The number of para-hydroxylation sites is 2. The van der Waals surface area contributed by atoms with E-state index < -0.39 is 0 Å². The number of anilines is 1. The van der Waals surface area contributed by atoms with Crippen molar-refractivity contribution in [3.8, 4) is 5.75 Å². The second-order valence-corrected chi connectivity index (χ2v) is 4.72. The molecule has 1 heterocycles. The van der Waals surface area contributed by atoms with Gasteiger partial charge in [0, 0.05) is 5.69 Å². The lowest BCUT2D eigenvalue weighted by molar-refractivity contribution is 0.299. The highest BCUT2D eigenvalue weighted by Crippen LogP contribution is 2.16. The number of hydrogen-bond donors (Lipinski definition) is 1. The van der Waals surface area contributed by atoms with Crippen molar-refractivity contribution in [3.63, 3.8) is 0 Å². The first-order valence-corrected chi connectivity index (χ1v) is 6.64. The molecule has 2 N–H and O–H groups in total. The van der Waals surface area contributed by atoms with Crippen LogP contribution < -0.4 is 10.5 Å². The molecule has 2 aromatic carbocycles. The summed E-state index contributed by atoms with van der Waals surface area (Å²) < 4.78 is 7.91. The number of ether oxygens (including phenoxy) is 1. The van der Waals surface area contributed by atoms with Crippen LogP contribution in [0, 0.1) is 6.92 Å². The third-order valence-corrected chi connectivity index (χ3v) is 3.31. The zero-order chi connectivity index (χ0) is 13.9. The Morgan fingerprint density at radius 2 is 1.85 bits per heavy atom. The van der Waals surface area contributed by atoms with Crippen molar-refractivity contribution >= 4 is 16.7 Å². The van der Waals surface area contributed by atoms with Crippen LogP contribution in [0.5, 0.6) is 5.75 Å². The number of rotatable bonds is 4. The highest BCUT2D eigenvalue weighted by molar-refractivity contribution is 5.75. The molecule has 0 saturated carbocycles. The minimum atomic E-state index is 0.602. The van der Waals surface area contributed by atoms with Gasteiger partial charge in [-0.2, -0.15) is 0 Å². The predicted octanol–water partition coefficient (Wildman–Crippen LogP) is 3.01. The molecule has 0 unspecified atom stereocenters. The molecule has 0 radical (unpaired) electrons. The summed E-state index contributed by atoms with van der Waals surface area (Å²) in [5.41, 5.74) is 8.56. The van der Waals surface area contributed by atoms with Crippen molar-refractivity contribution < 1.29 is 4.74 Å². The largest absolute Gasteiger partial charge is 0.492 e. The fourth-order valence-corrected chi connectivity index (χ4v) is 2.30. The van der Waals surface area contributed by atoms with E-state index in [-0.39, 0.29) is 0 Å². The highest BCUT2D eigenvalue weighted by atomic mass is 16.5. The van der Waals surface area contributed by atoms with E-state index in [1.54, 1.807) is 0 Å². The van der Waals surface area contributed by atoms with Gasteiger partial charge < -0.3 is 15.0 Å². The normalized spacial score (nSPS) is 10.8. The van der Waals surface area contributed by atoms with Crippen molar-refractivity contribution in [2.75, 3.05) is 12.3 Å². The molecule has 0 aliphatic rings. The van der Waals surface area contributed by atoms with Crippen molar-refractivity contribution in [1.82, 2.24) is 9.55 Å². The molecule has 4 heteroatoms. The summed E-state index contributed by atoms with van der Waals surface area (Å²) in [5, 5.41) is 0. The van der Waals surface area contributed by atoms with Gasteiger partial charge in [0.05, 0.1) is 17.6 Å². The van der Waals surface area contributed by atoms with Crippen LogP contribution in [0.15, 0.2) is 48.5 Å². The average Bonchev–Trinajstić information content (AvgIpc) is 2.77. The summed E-state index contributed by atoms with van der Waals surface area (Å²) in [7, 11) is 0. The van der Waals surface area contributed by atoms with Crippen LogP contribution in [0.1, 0.15) is 5.82 Å². The van der Waals surface area contributed by atoms with Gasteiger partial charge in [0.25, 0.3) is 0 Å². The van der Waals surface area contributed by atoms with Crippen LogP contribution in [0.2, 0.25) is 0 Å². The van der Waals surface area contributed by atoms with E-state index >= 15 is 0 Å². The molecule has 0 amide bonds. The molecular weight excluding hydrogens is 250 g/mol. The smallest absolute Gasteiger partial charge is 0.119 e. The summed E-state index contributed by atoms with van der Waals surface area (Å²) >= 11 is 0. The molecule has 0 fully saturated rings. The average molecular weight is 267 g/mol. The molecule has 20 heavy (non-hydrogen) atoms. The van der Waals surface area contributed by atoms with Crippen LogP contribution in [-0.2, 0) is 6.54 Å². The van der Waals surface area contributed by atoms with E-state index in [0.717, 1.165) is 34.8 Å². The summed E-state index contributed by atoms with van der Waals surface area (Å²) in [6.07, 6.45) is 0. The SMILES string of the molecule is Cc1nc2ccccc2n1CCOc1ccc(N)cc1. The number of fused-ring (bicyclic) bond motifs is 1. The lowest BCUT2D eigenvalue weighted by Crippen LogP contribution is -2.09. The van der Waals surface area contributed by atoms with Gasteiger partial charge in [0.1, 0.15) is 18.2 Å². The zero-order valence-corrected chi connectivity index (χ0v) is 11.4. The number of aryl methyl sites for hydroxylation is 1. The molecule has 0 spiro atoms. The topological polar surface area (TPSA) is 53.1 Å². The Balaban J connectivity index is 1.71. The number of nitrogens with zero attached hydrogens (tertiary/aromatic N) is 2. The Labute approximate surface area is 117 Å². The minimum Gasteiger partial charge on any atom is -0.492 e. The van der Waals surface area contributed by atoms with Crippen molar-refractivity contribution in [2.24, 2.45) is 0 Å². The Kier molecular flexibility index (Phi) is 3.29. The lowest BCUT2D eigenvalue weighted by atomic mass is 10.3. The number of nitrogen functional groups attached to an aromatic ring is 1. The van der Waals surface area contributed by atoms with E-state index in [2.05, 4.69) is 15.6 Å². The number of nitrogens with two attached hydrogens (primary N) is 1. The fraction of sp³-hybridized carbons (Fsp3) is 0.188. The molecule has 0 bridgehead atoms. The van der Waals surface area contributed by atoms with E-state index in [1.807, 2.05) is 49.4 Å². The molecular formula is C16H17N3O. The summed E-state index contributed by atoms with van der Waals surface area (Å²) in [4.78, 5) is 4.54. The number of imidazole rings is 1. The Morgan fingerprint density at radius 1 is 1.10 bits per heavy atom. The maximum atomic E-state index is 5.73. The Bertz CT molecular complexity index is 716. The molecule has 3 rings (SSSR count). The molecule has 0 aliphatic heterocycles. The highest BCUT2D eigenvalue weighted by Gasteiger charge is 2.06. The van der Waals surface area contributed by atoms with E-state index in [0.29, 0.717) is 6.61 Å². The van der Waals surface area contributed by atoms with Gasteiger partial charge in [-0.3, -0.25) is 0 Å². The number of benzene rings is 2. The molecule has 3 aromatic rings. The van der Waals surface area contributed by atoms with Crippen molar-refractivity contribution in [2.45, 2.75) is 13.5 Å². The second kappa shape index (κ2) is 5.25. The molecule has 0 saturated heterocycles. The van der Waals surface area contributed by atoms with E-state index in [1.165, 1.54) is 0 Å². The van der Waals surface area contributed by atoms with Gasteiger partial charge in [-0.1, -0.05) is 12.1 Å². The summed E-state index contributed by atoms with van der Waals surface area (Å²) in [5.74, 6) is 1.84. The van der Waals surface area contributed by atoms with Crippen LogP contribution in [0.4, 0.5) is 5.69 Å². The van der Waals surface area contributed by atoms with Crippen LogP contribution in [0.3, 0.4) is 0 Å². The molecule has 102 valence electrons. The third kappa shape index (κ3) is 2.45. The van der Waals surface area contributed by atoms with Gasteiger partial charge in [-0.15, -0.1) is 0 Å². The van der Waals surface area contributed by atoms with Gasteiger partial charge in [-0.05, 0) is 43.3 Å². The predicted molar refractivity (Wildman–Crippen MR) is 80.8 cm³/mol. The maximum Gasteiger partial charge on any atom is 0.119 e. The number of hydrogen-bond acceptors (Lipinski definition) is 3. The van der Waals surface area contributed by atoms with Crippen LogP contribution >= 0.6 is 0 Å². The molecule has 1 aromatic heterocycles. The van der Waals surface area contributed by atoms with Crippen molar-refractivity contribution in [3.05, 3.63) is 54.4 Å². The lowest BCUT2D eigenvalue weighted by Gasteiger charge is -2.09. The molecule has 0 aliphatic carbocycles. The third-order valence-electron chi connectivity index (χ3n) is 3.31. The zero-order valence-electron chi connectivity index (χ0n) is 11.4. The maximum absolute atomic E-state index is 5.73. The Morgan fingerprint density at radius 3 is 2.65 bits per heavy atom. The van der Waals surface area contributed by atoms with Gasteiger partial charge in [-0.25, -0.2) is 4.98 Å². The Hall–Kier alpha value is -2.49. The monoisotopic (exact) mass is 267 g/mol. The first-order valence-electron chi connectivity index (χ1n) is 6.64. The first-order chi connectivity index (χ1) is 9.74. The summed E-state index contributed by atoms with van der Waals surface area (Å²) in [6, 6.07) is 15.6. The minimum absolute atomic E-state index is 0.602. The van der Waals surface area contributed by atoms with Gasteiger partial charge in [0.15, 0.2) is 0 Å². The number of aromatic nitrogens is 2. The van der Waals surface area contributed by atoms with Crippen molar-refractivity contribution in [1.29, 1.82) is 0 Å². The second-order valence-electron chi connectivity index (χ2n) is 4.72. The molecule has 0 atom stereocenters. The van der Waals surface area contributed by atoms with Crippen LogP contribution in [-0.4, -0.2) is 16.2 Å². The fourth-order valence-electron chi connectivity index (χ4n) is 2.30. The standard InChI is InChI=1S/C16H17N3O/c1-12-18-15-4-2-3-5-16(15)19(12)10-11-20-14-8-6-13(17)7-9-14/h2-9H,10-11,17H2,1H3. The van der Waals surface area contributed by atoms with Crippen LogP contribution in [0.25, 0.3) is 11.0 Å². The van der Waals surface area contributed by atoms with E-state index in [9.17, 15) is 0 Å². The van der Waals surface area contributed by atoms with E-state index in [4.69, 9.17) is 10.5 Å². The van der Waals surface area contributed by atoms with Gasteiger partial charge >= 0.3 is 0 Å². The first kappa shape index (κ1) is 12.5. The molecule has 4 nitrogen and oxygen atoms in total.